The Morgan fingerprint density at radius 3 is 2.65 bits per heavy atom. The van der Waals surface area contributed by atoms with Gasteiger partial charge in [0.15, 0.2) is 0 Å². The molecule has 7 nitrogen and oxygen atoms in total. The number of hydrogen-bond donors (Lipinski definition) is 1. The summed E-state index contributed by atoms with van der Waals surface area (Å²) in [6.07, 6.45) is 0.892. The molecule has 0 saturated heterocycles. The Morgan fingerprint density at radius 2 is 1.92 bits per heavy atom. The van der Waals surface area contributed by atoms with Crippen molar-refractivity contribution in [2.75, 3.05) is 19.8 Å². The summed E-state index contributed by atoms with van der Waals surface area (Å²) >= 11 is 0. The summed E-state index contributed by atoms with van der Waals surface area (Å²) in [6.45, 7) is 5.55. The van der Waals surface area contributed by atoms with Gasteiger partial charge in [-0.05, 0) is 38.5 Å². The number of nitrogens with zero attached hydrogens (tertiary/aromatic N) is 2. The number of carbonyl (C=O) groups is 1. The van der Waals surface area contributed by atoms with Crippen LogP contribution in [0.15, 0.2) is 47.3 Å². The van der Waals surface area contributed by atoms with E-state index in [-0.39, 0.29) is 36.4 Å². The first-order chi connectivity index (χ1) is 12.6. The summed E-state index contributed by atoms with van der Waals surface area (Å²) in [4.78, 5) is 24.0. The lowest BCUT2D eigenvalue weighted by atomic mass is 10.3. The first-order valence-corrected chi connectivity index (χ1v) is 8.72. The third kappa shape index (κ3) is 6.68. The van der Waals surface area contributed by atoms with Gasteiger partial charge in [0, 0.05) is 19.2 Å². The second-order valence-corrected chi connectivity index (χ2v) is 5.97. The van der Waals surface area contributed by atoms with E-state index in [1.807, 2.05) is 44.2 Å². The van der Waals surface area contributed by atoms with E-state index in [9.17, 15) is 9.59 Å². The summed E-state index contributed by atoms with van der Waals surface area (Å²) in [6, 6.07) is 12.1. The molecule has 140 valence electrons. The molecule has 0 aliphatic rings. The maximum Gasteiger partial charge on any atom is 0.271 e. The van der Waals surface area contributed by atoms with Crippen molar-refractivity contribution in [2.45, 2.75) is 32.9 Å². The summed E-state index contributed by atoms with van der Waals surface area (Å²) in [5.74, 6) is 0.408. The lowest BCUT2D eigenvalue weighted by molar-refractivity contribution is 0.0756. The highest BCUT2D eigenvalue weighted by atomic mass is 16.5. The monoisotopic (exact) mass is 359 g/mol. The fourth-order valence-corrected chi connectivity index (χ4v) is 2.18. The molecule has 1 N–H and O–H groups in total. The SMILES string of the molecule is CC(C)OCCCNC(=O)c1ccc(=O)n(CCOc2ccccc2)n1. The number of carbonyl (C=O) groups excluding carboxylic acids is 1. The molecule has 0 fully saturated rings. The van der Waals surface area contributed by atoms with Gasteiger partial charge in [-0.25, -0.2) is 4.68 Å². The second-order valence-electron chi connectivity index (χ2n) is 5.97. The molecule has 26 heavy (non-hydrogen) atoms. The Kier molecular flexibility index (Phi) is 7.82. The smallest absolute Gasteiger partial charge is 0.271 e. The zero-order chi connectivity index (χ0) is 18.8. The van der Waals surface area contributed by atoms with Gasteiger partial charge in [0.25, 0.3) is 11.5 Å². The molecule has 0 aliphatic heterocycles. The Labute approximate surface area is 152 Å². The van der Waals surface area contributed by atoms with Crippen molar-refractivity contribution in [3.63, 3.8) is 0 Å². The number of ether oxygens (including phenoxy) is 2. The topological polar surface area (TPSA) is 82.5 Å². The molecular weight excluding hydrogens is 334 g/mol. The minimum absolute atomic E-state index is 0.175. The molecule has 0 aliphatic carbocycles. The highest BCUT2D eigenvalue weighted by Gasteiger charge is 2.09. The summed E-state index contributed by atoms with van der Waals surface area (Å²) in [7, 11) is 0. The Bertz CT molecular complexity index is 744. The van der Waals surface area contributed by atoms with Crippen LogP contribution in [0.1, 0.15) is 30.8 Å². The van der Waals surface area contributed by atoms with E-state index >= 15 is 0 Å². The van der Waals surface area contributed by atoms with Gasteiger partial charge in [0.1, 0.15) is 18.1 Å². The van der Waals surface area contributed by atoms with Crippen LogP contribution < -0.4 is 15.6 Å². The van der Waals surface area contributed by atoms with Gasteiger partial charge in [-0.15, -0.1) is 0 Å². The van der Waals surface area contributed by atoms with E-state index in [0.717, 1.165) is 5.75 Å². The Balaban J connectivity index is 1.83. The van der Waals surface area contributed by atoms with Crippen molar-refractivity contribution in [3.8, 4) is 5.75 Å². The van der Waals surface area contributed by atoms with E-state index in [1.165, 1.54) is 16.8 Å². The van der Waals surface area contributed by atoms with Gasteiger partial charge < -0.3 is 14.8 Å². The molecule has 0 spiro atoms. The molecule has 0 atom stereocenters. The number of amides is 1. The third-order valence-corrected chi connectivity index (χ3v) is 3.47. The summed E-state index contributed by atoms with van der Waals surface area (Å²) < 4.78 is 12.2. The third-order valence-electron chi connectivity index (χ3n) is 3.47. The maximum atomic E-state index is 12.1. The van der Waals surface area contributed by atoms with Gasteiger partial charge in [0.05, 0.1) is 12.6 Å². The molecule has 1 amide bonds. The minimum atomic E-state index is -0.313. The van der Waals surface area contributed by atoms with Crippen LogP contribution in [-0.4, -0.2) is 41.6 Å². The van der Waals surface area contributed by atoms with Crippen LogP contribution in [0, 0.1) is 0 Å². The molecule has 0 saturated carbocycles. The molecule has 2 aromatic rings. The summed E-state index contributed by atoms with van der Waals surface area (Å²) in [5.41, 5.74) is -0.0716. The average molecular weight is 359 g/mol. The van der Waals surface area contributed by atoms with Crippen LogP contribution in [0.5, 0.6) is 5.75 Å². The van der Waals surface area contributed by atoms with Crippen molar-refractivity contribution in [1.82, 2.24) is 15.1 Å². The van der Waals surface area contributed by atoms with Crippen LogP contribution in [0.4, 0.5) is 0 Å². The van der Waals surface area contributed by atoms with Gasteiger partial charge in [-0.3, -0.25) is 9.59 Å². The van der Waals surface area contributed by atoms with E-state index in [0.29, 0.717) is 19.6 Å². The predicted molar refractivity (Wildman–Crippen MR) is 98.5 cm³/mol. The predicted octanol–water partition coefficient (Wildman–Crippen LogP) is 1.87. The fraction of sp³-hybridized carbons (Fsp3) is 0.421. The molecule has 7 heteroatoms. The number of benzene rings is 1. The number of hydrogen-bond acceptors (Lipinski definition) is 5. The van der Waals surface area contributed by atoms with Crippen LogP contribution >= 0.6 is 0 Å². The van der Waals surface area contributed by atoms with Crippen LogP contribution in [0.3, 0.4) is 0 Å². The highest BCUT2D eigenvalue weighted by molar-refractivity contribution is 5.91. The molecule has 1 aromatic carbocycles. The normalized spacial score (nSPS) is 10.7. The van der Waals surface area contributed by atoms with E-state index in [1.54, 1.807) is 0 Å². The summed E-state index contributed by atoms with van der Waals surface area (Å²) in [5, 5.41) is 6.88. The van der Waals surface area contributed by atoms with Gasteiger partial charge in [-0.2, -0.15) is 5.10 Å². The van der Waals surface area contributed by atoms with E-state index in [2.05, 4.69) is 10.4 Å². The molecule has 1 heterocycles. The lowest BCUT2D eigenvalue weighted by Gasteiger charge is -2.10. The molecule has 1 aromatic heterocycles. The minimum Gasteiger partial charge on any atom is -0.492 e. The van der Waals surface area contributed by atoms with Crippen molar-refractivity contribution >= 4 is 5.91 Å². The molecule has 0 bridgehead atoms. The molecule has 2 rings (SSSR count). The first-order valence-electron chi connectivity index (χ1n) is 8.72. The van der Waals surface area contributed by atoms with Gasteiger partial charge in [0.2, 0.25) is 0 Å². The van der Waals surface area contributed by atoms with E-state index < -0.39 is 0 Å². The van der Waals surface area contributed by atoms with Crippen molar-refractivity contribution in [3.05, 3.63) is 58.5 Å². The Morgan fingerprint density at radius 1 is 1.15 bits per heavy atom. The highest BCUT2D eigenvalue weighted by Crippen LogP contribution is 2.07. The largest absolute Gasteiger partial charge is 0.492 e. The number of para-hydroxylation sites is 1. The van der Waals surface area contributed by atoms with Crippen LogP contribution in [-0.2, 0) is 11.3 Å². The van der Waals surface area contributed by atoms with Gasteiger partial charge in [-0.1, -0.05) is 18.2 Å². The average Bonchev–Trinajstić information content (AvgIpc) is 2.63. The zero-order valence-electron chi connectivity index (χ0n) is 15.2. The van der Waals surface area contributed by atoms with Crippen LogP contribution in [0.25, 0.3) is 0 Å². The maximum absolute atomic E-state index is 12.1. The second kappa shape index (κ2) is 10.4. The zero-order valence-corrected chi connectivity index (χ0v) is 15.2. The van der Waals surface area contributed by atoms with E-state index in [4.69, 9.17) is 9.47 Å². The number of nitrogens with one attached hydrogen (secondary N) is 1. The number of aromatic nitrogens is 2. The molecular formula is C19H25N3O4. The lowest BCUT2D eigenvalue weighted by Crippen LogP contribution is -2.31. The van der Waals surface area contributed by atoms with Gasteiger partial charge >= 0.3 is 0 Å². The van der Waals surface area contributed by atoms with Crippen molar-refractivity contribution in [1.29, 1.82) is 0 Å². The number of rotatable bonds is 10. The molecule has 0 unspecified atom stereocenters. The quantitative estimate of drug-likeness (QED) is 0.655. The van der Waals surface area contributed by atoms with Crippen molar-refractivity contribution in [2.24, 2.45) is 0 Å². The molecule has 0 radical (unpaired) electrons. The van der Waals surface area contributed by atoms with Crippen LogP contribution in [0.2, 0.25) is 0 Å². The van der Waals surface area contributed by atoms with Crippen molar-refractivity contribution < 1.29 is 14.3 Å². The fourth-order valence-electron chi connectivity index (χ4n) is 2.18. The standard InChI is InChI=1S/C19H25N3O4/c1-15(2)25-13-6-11-20-19(24)17-9-10-18(23)22(21-17)12-14-26-16-7-4-3-5-8-16/h3-5,7-10,15H,6,11-14H2,1-2H3,(H,20,24). The Hall–Kier alpha value is -2.67. The first kappa shape index (κ1) is 19.7.